The lowest BCUT2D eigenvalue weighted by molar-refractivity contribution is -0.119. The molecule has 2 fully saturated rings. The lowest BCUT2D eigenvalue weighted by Gasteiger charge is -2.21. The Bertz CT molecular complexity index is 941. The zero-order valence-electron chi connectivity index (χ0n) is 17.7. The number of rotatable bonds is 8. The van der Waals surface area contributed by atoms with Gasteiger partial charge in [-0.25, -0.2) is 0 Å². The number of benzene rings is 1. The van der Waals surface area contributed by atoms with Crippen LogP contribution in [0.4, 0.5) is 0 Å². The monoisotopic (exact) mass is 441 g/mol. The van der Waals surface area contributed by atoms with Crippen LogP contribution in [0, 0.1) is 11.3 Å². The summed E-state index contributed by atoms with van der Waals surface area (Å²) in [7, 11) is 1.64. The number of nitriles is 1. The number of methoxy groups -OCH3 is 1. The van der Waals surface area contributed by atoms with Gasteiger partial charge in [-0.1, -0.05) is 11.8 Å². The molecule has 1 aromatic heterocycles. The molecular weight excluding hydrogens is 414 g/mol. The van der Waals surface area contributed by atoms with E-state index in [1.165, 1.54) is 11.8 Å². The Labute approximate surface area is 186 Å². The van der Waals surface area contributed by atoms with Gasteiger partial charge in [0.05, 0.1) is 31.6 Å². The van der Waals surface area contributed by atoms with Crippen molar-refractivity contribution in [3.63, 3.8) is 0 Å². The summed E-state index contributed by atoms with van der Waals surface area (Å²) in [6.07, 6.45) is 5.54. The van der Waals surface area contributed by atoms with Gasteiger partial charge < -0.3 is 14.8 Å². The van der Waals surface area contributed by atoms with Gasteiger partial charge in [0.1, 0.15) is 11.3 Å². The fourth-order valence-corrected chi connectivity index (χ4v) is 4.93. The van der Waals surface area contributed by atoms with Crippen molar-refractivity contribution in [2.75, 3.05) is 19.5 Å². The van der Waals surface area contributed by atoms with Gasteiger partial charge in [-0.3, -0.25) is 9.36 Å². The van der Waals surface area contributed by atoms with Crippen molar-refractivity contribution in [2.24, 2.45) is 0 Å². The third kappa shape index (κ3) is 5.02. The van der Waals surface area contributed by atoms with Crippen LogP contribution in [-0.2, 0) is 16.1 Å². The number of hydrogen-bond acceptors (Lipinski definition) is 7. The topological polar surface area (TPSA) is 102 Å². The summed E-state index contributed by atoms with van der Waals surface area (Å²) in [5.74, 6) is 1.56. The molecule has 2 heterocycles. The molecule has 0 bridgehead atoms. The molecule has 1 unspecified atom stereocenters. The molecule has 1 aromatic carbocycles. The van der Waals surface area contributed by atoms with Crippen LogP contribution in [0.25, 0.3) is 11.4 Å². The van der Waals surface area contributed by atoms with Crippen LogP contribution in [0.2, 0.25) is 0 Å². The highest BCUT2D eigenvalue weighted by Crippen LogP contribution is 2.30. The molecule has 0 radical (unpaired) electrons. The molecule has 1 amide bonds. The molecule has 1 N–H and O–H groups in total. The van der Waals surface area contributed by atoms with Crippen molar-refractivity contribution >= 4 is 17.7 Å². The van der Waals surface area contributed by atoms with Crippen molar-refractivity contribution in [3.05, 3.63) is 24.3 Å². The maximum absolute atomic E-state index is 12.6. The molecule has 1 atom stereocenters. The van der Waals surface area contributed by atoms with Crippen molar-refractivity contribution in [1.29, 1.82) is 5.26 Å². The Morgan fingerprint density at radius 2 is 2.10 bits per heavy atom. The van der Waals surface area contributed by atoms with E-state index in [0.717, 1.165) is 62.3 Å². The first-order valence-corrected chi connectivity index (χ1v) is 11.7. The number of nitrogens with one attached hydrogen (secondary N) is 1. The van der Waals surface area contributed by atoms with Gasteiger partial charge in [0.25, 0.3) is 0 Å². The molecule has 1 saturated carbocycles. The van der Waals surface area contributed by atoms with E-state index in [0.29, 0.717) is 11.7 Å². The van der Waals surface area contributed by atoms with Gasteiger partial charge in [0.15, 0.2) is 11.0 Å². The van der Waals surface area contributed by atoms with Crippen molar-refractivity contribution in [3.8, 4) is 23.2 Å². The van der Waals surface area contributed by atoms with Crippen molar-refractivity contribution in [1.82, 2.24) is 20.1 Å². The average molecular weight is 442 g/mol. The van der Waals surface area contributed by atoms with Crippen LogP contribution in [0.5, 0.6) is 5.75 Å². The van der Waals surface area contributed by atoms with E-state index in [1.54, 1.807) is 7.11 Å². The minimum atomic E-state index is -0.711. The number of nitrogens with zero attached hydrogens (tertiary/aromatic N) is 4. The third-order valence-corrected chi connectivity index (χ3v) is 6.82. The van der Waals surface area contributed by atoms with E-state index in [4.69, 9.17) is 9.47 Å². The average Bonchev–Trinajstić information content (AvgIpc) is 3.55. The van der Waals surface area contributed by atoms with Gasteiger partial charge in [-0.2, -0.15) is 5.26 Å². The molecule has 2 aromatic rings. The smallest absolute Gasteiger partial charge is 0.231 e. The molecule has 2 aliphatic rings. The summed E-state index contributed by atoms with van der Waals surface area (Å²) in [5, 5.41) is 21.9. The maximum Gasteiger partial charge on any atom is 0.231 e. The SMILES string of the molecule is COc1ccc(-c2nnc(SCC(=O)NC3(C#N)CCCC3)n2CC2CCCO2)cc1. The number of ether oxygens (including phenoxy) is 2. The minimum absolute atomic E-state index is 0.113. The van der Waals surface area contributed by atoms with Crippen LogP contribution in [0.15, 0.2) is 29.4 Å². The second-order valence-corrected chi connectivity index (χ2v) is 8.96. The second kappa shape index (κ2) is 9.71. The highest BCUT2D eigenvalue weighted by atomic mass is 32.2. The van der Waals surface area contributed by atoms with Gasteiger partial charge in [0.2, 0.25) is 5.91 Å². The largest absolute Gasteiger partial charge is 0.497 e. The van der Waals surface area contributed by atoms with E-state index >= 15 is 0 Å². The van der Waals surface area contributed by atoms with E-state index in [1.807, 2.05) is 28.8 Å². The summed E-state index contributed by atoms with van der Waals surface area (Å²) >= 11 is 1.34. The standard InChI is InChI=1S/C22H27N5O3S/c1-29-17-8-6-16(7-9-17)20-25-26-21(27(20)13-18-5-4-12-30-18)31-14-19(28)24-22(15-23)10-2-3-11-22/h6-9,18H,2-5,10-14H2,1H3,(H,24,28). The number of carbonyl (C=O) groups excluding carboxylic acids is 1. The summed E-state index contributed by atoms with van der Waals surface area (Å²) in [6, 6.07) is 9.99. The van der Waals surface area contributed by atoms with Crippen LogP contribution in [0.1, 0.15) is 38.5 Å². The molecule has 1 aliphatic carbocycles. The highest BCUT2D eigenvalue weighted by molar-refractivity contribution is 7.99. The molecule has 1 saturated heterocycles. The van der Waals surface area contributed by atoms with Gasteiger partial charge in [-0.05, 0) is 62.8 Å². The fraction of sp³-hybridized carbons (Fsp3) is 0.545. The van der Waals surface area contributed by atoms with Gasteiger partial charge in [0, 0.05) is 12.2 Å². The van der Waals surface area contributed by atoms with Crippen molar-refractivity contribution in [2.45, 2.75) is 61.9 Å². The first kappa shape index (κ1) is 21.7. The predicted octanol–water partition coefficient (Wildman–Crippen LogP) is 3.18. The lowest BCUT2D eigenvalue weighted by Crippen LogP contribution is -2.45. The Hall–Kier alpha value is -2.57. The van der Waals surface area contributed by atoms with Crippen LogP contribution < -0.4 is 10.1 Å². The molecule has 8 nitrogen and oxygen atoms in total. The maximum atomic E-state index is 12.6. The summed E-state index contributed by atoms with van der Waals surface area (Å²) in [5.41, 5.74) is 0.217. The molecule has 4 rings (SSSR count). The lowest BCUT2D eigenvalue weighted by atomic mass is 10.0. The molecule has 1 aliphatic heterocycles. The zero-order valence-corrected chi connectivity index (χ0v) is 18.5. The third-order valence-electron chi connectivity index (χ3n) is 5.86. The summed E-state index contributed by atoms with van der Waals surface area (Å²) < 4.78 is 13.1. The number of hydrogen-bond donors (Lipinski definition) is 1. The Morgan fingerprint density at radius 3 is 2.74 bits per heavy atom. The van der Waals surface area contributed by atoms with Crippen molar-refractivity contribution < 1.29 is 14.3 Å². The summed E-state index contributed by atoms with van der Waals surface area (Å²) in [4.78, 5) is 12.6. The first-order chi connectivity index (χ1) is 15.1. The van der Waals surface area contributed by atoms with E-state index < -0.39 is 5.54 Å². The first-order valence-electron chi connectivity index (χ1n) is 10.7. The zero-order chi connectivity index (χ0) is 21.7. The number of carbonyl (C=O) groups is 1. The molecule has 0 spiro atoms. The summed E-state index contributed by atoms with van der Waals surface area (Å²) in [6.45, 7) is 1.41. The minimum Gasteiger partial charge on any atom is -0.497 e. The molecule has 9 heteroatoms. The van der Waals surface area contributed by atoms with Crippen LogP contribution in [0.3, 0.4) is 0 Å². The van der Waals surface area contributed by atoms with E-state index in [-0.39, 0.29) is 17.8 Å². The van der Waals surface area contributed by atoms with Crippen LogP contribution in [-0.4, -0.2) is 51.8 Å². The molecular formula is C22H27N5O3S. The van der Waals surface area contributed by atoms with E-state index in [2.05, 4.69) is 21.6 Å². The number of thioether (sulfide) groups is 1. The highest BCUT2D eigenvalue weighted by Gasteiger charge is 2.35. The Balaban J connectivity index is 1.50. The number of aromatic nitrogens is 3. The Morgan fingerprint density at radius 1 is 1.32 bits per heavy atom. The molecule has 31 heavy (non-hydrogen) atoms. The van der Waals surface area contributed by atoms with Crippen LogP contribution >= 0.6 is 11.8 Å². The van der Waals surface area contributed by atoms with Gasteiger partial charge >= 0.3 is 0 Å². The van der Waals surface area contributed by atoms with E-state index in [9.17, 15) is 10.1 Å². The van der Waals surface area contributed by atoms with Gasteiger partial charge in [-0.15, -0.1) is 10.2 Å². The Kier molecular flexibility index (Phi) is 6.78. The molecule has 164 valence electrons. The quantitative estimate of drug-likeness (QED) is 0.628. The fourth-order valence-electron chi connectivity index (χ4n) is 4.18. The second-order valence-electron chi connectivity index (χ2n) is 8.02. The normalized spacial score (nSPS) is 19.8. The number of amides is 1. The predicted molar refractivity (Wildman–Crippen MR) is 117 cm³/mol.